The lowest BCUT2D eigenvalue weighted by Crippen LogP contribution is -2.31. The number of hydrogen-bond donors (Lipinski definition) is 1. The second-order valence-electron chi connectivity index (χ2n) is 5.70. The number of rotatable bonds is 5. The van der Waals surface area contributed by atoms with E-state index in [0.29, 0.717) is 5.75 Å². The molecule has 1 N–H and O–H groups in total. The summed E-state index contributed by atoms with van der Waals surface area (Å²) in [5.41, 5.74) is 1.94. The van der Waals surface area contributed by atoms with Crippen molar-refractivity contribution in [1.29, 1.82) is 0 Å². The van der Waals surface area contributed by atoms with Crippen molar-refractivity contribution in [2.45, 2.75) is 19.9 Å². The van der Waals surface area contributed by atoms with Crippen LogP contribution in [-0.4, -0.2) is 12.5 Å². The van der Waals surface area contributed by atoms with Crippen LogP contribution in [0.3, 0.4) is 0 Å². The maximum absolute atomic E-state index is 12.1. The highest BCUT2D eigenvalue weighted by Gasteiger charge is 2.15. The van der Waals surface area contributed by atoms with Gasteiger partial charge in [-0.05, 0) is 59.6 Å². The summed E-state index contributed by atoms with van der Waals surface area (Å²) < 4.78 is 12.2. The summed E-state index contributed by atoms with van der Waals surface area (Å²) in [5.74, 6) is 1.17. The minimum atomic E-state index is -0.227. The number of aryl methyl sites for hydroxylation is 1. The van der Waals surface area contributed by atoms with Gasteiger partial charge in [0.25, 0.3) is 5.91 Å². The third kappa shape index (κ3) is 3.79. The fourth-order valence-corrected chi connectivity index (χ4v) is 3.04. The third-order valence-electron chi connectivity index (χ3n) is 3.69. The van der Waals surface area contributed by atoms with Crippen LogP contribution in [0.4, 0.5) is 0 Å². The van der Waals surface area contributed by atoms with Crippen molar-refractivity contribution in [1.82, 2.24) is 5.32 Å². The summed E-state index contributed by atoms with van der Waals surface area (Å²) in [6.07, 6.45) is 0. The molecule has 2 aromatic carbocycles. The number of amides is 1. The molecule has 0 spiro atoms. The molecule has 4 nitrogen and oxygen atoms in total. The predicted octanol–water partition coefficient (Wildman–Crippen LogP) is 4.76. The predicted molar refractivity (Wildman–Crippen MR) is 97.1 cm³/mol. The van der Waals surface area contributed by atoms with Crippen LogP contribution in [0, 0.1) is 6.92 Å². The van der Waals surface area contributed by atoms with Gasteiger partial charge in [-0.2, -0.15) is 0 Å². The van der Waals surface area contributed by atoms with Gasteiger partial charge < -0.3 is 14.5 Å². The number of carbonyl (C=O) groups is 1. The van der Waals surface area contributed by atoms with Crippen LogP contribution in [0.1, 0.15) is 24.3 Å². The van der Waals surface area contributed by atoms with E-state index in [1.807, 2.05) is 62.4 Å². The summed E-state index contributed by atoms with van der Waals surface area (Å²) in [7, 11) is 0. The molecule has 3 rings (SSSR count). The molecule has 5 heteroatoms. The number of benzene rings is 2. The molecule has 124 valence electrons. The van der Waals surface area contributed by atoms with Crippen LogP contribution < -0.4 is 10.1 Å². The minimum absolute atomic E-state index is 0.0494. The molecular formula is C19H18BrNO3. The first-order valence-electron chi connectivity index (χ1n) is 7.70. The highest BCUT2D eigenvalue weighted by molar-refractivity contribution is 9.10. The number of nitrogens with one attached hydrogen (secondary N) is 1. The van der Waals surface area contributed by atoms with Gasteiger partial charge >= 0.3 is 0 Å². The van der Waals surface area contributed by atoms with E-state index in [1.54, 1.807) is 0 Å². The van der Waals surface area contributed by atoms with Crippen molar-refractivity contribution in [2.24, 2.45) is 0 Å². The monoisotopic (exact) mass is 387 g/mol. The molecule has 0 aliphatic carbocycles. The smallest absolute Gasteiger partial charge is 0.258 e. The molecule has 0 saturated carbocycles. The van der Waals surface area contributed by atoms with E-state index in [0.717, 1.165) is 26.8 Å². The normalized spacial score (nSPS) is 12.1. The number of para-hydroxylation sites is 1. The van der Waals surface area contributed by atoms with Gasteiger partial charge in [0.05, 0.1) is 10.5 Å². The summed E-state index contributed by atoms with van der Waals surface area (Å²) in [6.45, 7) is 3.83. The Labute approximate surface area is 148 Å². The van der Waals surface area contributed by atoms with Gasteiger partial charge in [0.1, 0.15) is 17.1 Å². The van der Waals surface area contributed by atoms with E-state index in [4.69, 9.17) is 9.15 Å². The third-order valence-corrected chi connectivity index (χ3v) is 4.31. The molecule has 24 heavy (non-hydrogen) atoms. The molecule has 0 fully saturated rings. The fraction of sp³-hybridized carbons (Fsp3) is 0.211. The van der Waals surface area contributed by atoms with Crippen molar-refractivity contribution >= 4 is 32.8 Å². The molecule has 3 aromatic rings. The largest absolute Gasteiger partial charge is 0.483 e. The number of hydrogen-bond acceptors (Lipinski definition) is 3. The van der Waals surface area contributed by atoms with E-state index >= 15 is 0 Å². The van der Waals surface area contributed by atoms with Crippen LogP contribution in [-0.2, 0) is 4.79 Å². The first kappa shape index (κ1) is 16.6. The number of carbonyl (C=O) groups excluding carboxylic acids is 1. The molecular weight excluding hydrogens is 370 g/mol. The first-order chi connectivity index (χ1) is 11.5. The number of furan rings is 1. The maximum Gasteiger partial charge on any atom is 0.258 e. The zero-order valence-corrected chi connectivity index (χ0v) is 15.1. The lowest BCUT2D eigenvalue weighted by Gasteiger charge is -2.13. The van der Waals surface area contributed by atoms with E-state index < -0.39 is 0 Å². The molecule has 0 aliphatic rings. The Kier molecular flexibility index (Phi) is 4.90. The molecule has 1 heterocycles. The van der Waals surface area contributed by atoms with Gasteiger partial charge in [-0.1, -0.05) is 24.3 Å². The molecule has 1 aromatic heterocycles. The van der Waals surface area contributed by atoms with Crippen molar-refractivity contribution in [3.8, 4) is 5.75 Å². The van der Waals surface area contributed by atoms with Crippen molar-refractivity contribution in [2.75, 3.05) is 6.61 Å². The number of ether oxygens (including phenoxy) is 1. The Morgan fingerprint density at radius 3 is 2.79 bits per heavy atom. The topological polar surface area (TPSA) is 51.5 Å². The zero-order chi connectivity index (χ0) is 17.1. The van der Waals surface area contributed by atoms with Crippen molar-refractivity contribution < 1.29 is 13.9 Å². The van der Waals surface area contributed by atoms with Gasteiger partial charge in [0, 0.05) is 5.39 Å². The number of fused-ring (bicyclic) bond motifs is 1. The lowest BCUT2D eigenvalue weighted by molar-refractivity contribution is -0.123. The van der Waals surface area contributed by atoms with Crippen LogP contribution in [0.15, 0.2) is 57.4 Å². The van der Waals surface area contributed by atoms with Crippen molar-refractivity contribution in [3.63, 3.8) is 0 Å². The molecule has 0 bridgehead atoms. The van der Waals surface area contributed by atoms with Crippen LogP contribution in [0.2, 0.25) is 0 Å². The molecule has 1 amide bonds. The lowest BCUT2D eigenvalue weighted by atomic mass is 10.2. The molecule has 0 aliphatic heterocycles. The molecule has 1 unspecified atom stereocenters. The second-order valence-corrected chi connectivity index (χ2v) is 6.55. The zero-order valence-electron chi connectivity index (χ0n) is 13.5. The summed E-state index contributed by atoms with van der Waals surface area (Å²) in [4.78, 5) is 12.1. The highest BCUT2D eigenvalue weighted by atomic mass is 79.9. The molecule has 0 radical (unpaired) electrons. The Morgan fingerprint density at radius 1 is 1.25 bits per heavy atom. The van der Waals surface area contributed by atoms with Gasteiger partial charge in [-0.25, -0.2) is 0 Å². The van der Waals surface area contributed by atoms with E-state index in [9.17, 15) is 4.79 Å². The fourth-order valence-electron chi connectivity index (χ4n) is 2.44. The Hall–Kier alpha value is -2.27. The summed E-state index contributed by atoms with van der Waals surface area (Å²) in [5, 5.41) is 3.91. The maximum atomic E-state index is 12.1. The molecule has 1 atom stereocenters. The minimum Gasteiger partial charge on any atom is -0.483 e. The highest BCUT2D eigenvalue weighted by Crippen LogP contribution is 2.26. The number of halogens is 1. The quantitative estimate of drug-likeness (QED) is 0.686. The van der Waals surface area contributed by atoms with Gasteiger partial charge in [-0.15, -0.1) is 0 Å². The Balaban J connectivity index is 1.59. The summed E-state index contributed by atoms with van der Waals surface area (Å²) >= 11 is 3.43. The van der Waals surface area contributed by atoms with Crippen LogP contribution >= 0.6 is 15.9 Å². The molecule has 0 saturated heterocycles. The van der Waals surface area contributed by atoms with Gasteiger partial charge in [0.2, 0.25) is 0 Å². The van der Waals surface area contributed by atoms with E-state index in [1.165, 1.54) is 0 Å². The standard InChI is InChI=1S/C19H18BrNO3/c1-12-7-8-17(15(20)9-12)23-11-19(22)21-13(2)18-10-14-5-3-4-6-16(14)24-18/h3-10,13H,11H2,1-2H3,(H,21,22). The van der Waals surface area contributed by atoms with E-state index in [2.05, 4.69) is 21.2 Å². The van der Waals surface area contributed by atoms with Crippen LogP contribution in [0.25, 0.3) is 11.0 Å². The first-order valence-corrected chi connectivity index (χ1v) is 8.49. The Bertz CT molecular complexity index is 839. The Morgan fingerprint density at radius 2 is 2.04 bits per heavy atom. The SMILES string of the molecule is Cc1ccc(OCC(=O)NC(C)c2cc3ccccc3o2)c(Br)c1. The second kappa shape index (κ2) is 7.09. The summed E-state index contributed by atoms with van der Waals surface area (Å²) in [6, 6.07) is 15.2. The van der Waals surface area contributed by atoms with Gasteiger partial charge in [0.15, 0.2) is 6.61 Å². The average molecular weight is 388 g/mol. The van der Waals surface area contributed by atoms with Gasteiger partial charge in [-0.3, -0.25) is 4.79 Å². The van der Waals surface area contributed by atoms with Crippen LogP contribution in [0.5, 0.6) is 5.75 Å². The average Bonchev–Trinajstić information content (AvgIpc) is 2.98. The van der Waals surface area contributed by atoms with E-state index in [-0.39, 0.29) is 18.6 Å². The van der Waals surface area contributed by atoms with Crippen molar-refractivity contribution in [3.05, 3.63) is 64.3 Å².